The quantitative estimate of drug-likeness (QED) is 0.691. The Labute approximate surface area is 157 Å². The average Bonchev–Trinajstić information content (AvgIpc) is 3.15. The second kappa shape index (κ2) is 7.31. The molecule has 0 saturated heterocycles. The first kappa shape index (κ1) is 17.4. The number of hydrogen-bond donors (Lipinski definition) is 1. The van der Waals surface area contributed by atoms with Gasteiger partial charge in [0.25, 0.3) is 0 Å². The summed E-state index contributed by atoms with van der Waals surface area (Å²) in [4.78, 5) is 22.2. The number of pyridine rings is 1. The Bertz CT molecular complexity index is 1000. The van der Waals surface area contributed by atoms with Crippen LogP contribution in [0.5, 0.6) is 0 Å². The summed E-state index contributed by atoms with van der Waals surface area (Å²) in [5, 5.41) is 8.21. The van der Waals surface area contributed by atoms with Crippen LogP contribution >= 0.6 is 0 Å². The Hall–Kier alpha value is -3.02. The van der Waals surface area contributed by atoms with Crippen molar-refractivity contribution in [2.75, 3.05) is 6.61 Å². The van der Waals surface area contributed by atoms with Gasteiger partial charge in [0, 0.05) is 28.8 Å². The maximum absolute atomic E-state index is 13.0. The summed E-state index contributed by atoms with van der Waals surface area (Å²) in [7, 11) is 0. The van der Waals surface area contributed by atoms with Crippen LogP contribution in [-0.4, -0.2) is 33.5 Å². The van der Waals surface area contributed by atoms with E-state index >= 15 is 0 Å². The van der Waals surface area contributed by atoms with Crippen LogP contribution in [0, 0.1) is 5.92 Å². The van der Waals surface area contributed by atoms with E-state index in [2.05, 4.69) is 22.1 Å². The molecular weight excluding hydrogens is 340 g/mol. The van der Waals surface area contributed by atoms with E-state index in [1.807, 2.05) is 37.3 Å². The number of carbonyl (C=O) groups excluding carboxylic acids is 1. The zero-order valence-corrected chi connectivity index (χ0v) is 15.5. The number of rotatable bonds is 5. The fourth-order valence-electron chi connectivity index (χ4n) is 3.90. The summed E-state index contributed by atoms with van der Waals surface area (Å²) in [5.74, 6) is -0.169. The molecule has 1 aromatic carbocycles. The van der Waals surface area contributed by atoms with E-state index in [-0.39, 0.29) is 11.9 Å². The SMILES string of the molecule is CCCC1=Nc2[nH]ncc2C(c2ccnc3ccccc23)C1C(=O)OCC. The normalized spacial score (nSPS) is 18.8. The third-order valence-corrected chi connectivity index (χ3v) is 4.99. The Balaban J connectivity index is 1.94. The number of benzene rings is 1. The number of aromatic amines is 1. The summed E-state index contributed by atoms with van der Waals surface area (Å²) in [6, 6.07) is 9.98. The van der Waals surface area contributed by atoms with Gasteiger partial charge in [-0.3, -0.25) is 14.9 Å². The molecule has 1 N–H and O–H groups in total. The van der Waals surface area contributed by atoms with Gasteiger partial charge in [-0.05, 0) is 31.0 Å². The number of para-hydroxylation sites is 1. The number of fused-ring (bicyclic) bond motifs is 2. The van der Waals surface area contributed by atoms with Crippen molar-refractivity contribution in [1.82, 2.24) is 15.2 Å². The van der Waals surface area contributed by atoms with E-state index < -0.39 is 5.92 Å². The maximum atomic E-state index is 13.0. The van der Waals surface area contributed by atoms with Gasteiger partial charge in [0.2, 0.25) is 0 Å². The minimum absolute atomic E-state index is 0.204. The van der Waals surface area contributed by atoms with E-state index in [1.165, 1.54) is 0 Å². The van der Waals surface area contributed by atoms with E-state index in [0.29, 0.717) is 6.61 Å². The molecule has 1 aliphatic rings. The van der Waals surface area contributed by atoms with Crippen molar-refractivity contribution in [3.05, 3.63) is 53.9 Å². The number of hydrogen-bond acceptors (Lipinski definition) is 5. The van der Waals surface area contributed by atoms with Gasteiger partial charge in [-0.2, -0.15) is 5.10 Å². The lowest BCUT2D eigenvalue weighted by Crippen LogP contribution is -2.34. The molecule has 0 saturated carbocycles. The fraction of sp³-hybridized carbons (Fsp3) is 0.333. The first-order chi connectivity index (χ1) is 13.2. The van der Waals surface area contributed by atoms with Crippen LogP contribution in [0.3, 0.4) is 0 Å². The van der Waals surface area contributed by atoms with Crippen molar-refractivity contribution in [2.24, 2.45) is 10.9 Å². The highest BCUT2D eigenvalue weighted by atomic mass is 16.5. The highest BCUT2D eigenvalue weighted by molar-refractivity contribution is 6.06. The highest BCUT2D eigenvalue weighted by Gasteiger charge is 2.41. The zero-order chi connectivity index (χ0) is 18.8. The lowest BCUT2D eigenvalue weighted by molar-refractivity contribution is -0.146. The predicted octanol–water partition coefficient (Wildman–Crippen LogP) is 4.16. The third kappa shape index (κ3) is 3.01. The lowest BCUT2D eigenvalue weighted by atomic mass is 9.75. The molecule has 2 aromatic heterocycles. The standard InChI is InChI=1S/C21H22N4O2/c1-3-7-17-19(21(26)27-4-2)18(15-12-23-25-20(15)24-17)14-10-11-22-16-9-6-5-8-13(14)16/h5-6,8-12,18-19H,3-4,7H2,1-2H3,(H,23,25). The smallest absolute Gasteiger partial charge is 0.315 e. The summed E-state index contributed by atoms with van der Waals surface area (Å²) in [5.41, 5.74) is 3.72. The molecule has 2 unspecified atom stereocenters. The fourth-order valence-corrected chi connectivity index (χ4v) is 3.90. The minimum atomic E-state index is -0.458. The first-order valence-corrected chi connectivity index (χ1v) is 9.35. The van der Waals surface area contributed by atoms with Crippen molar-refractivity contribution >= 4 is 28.4 Å². The molecule has 6 nitrogen and oxygen atoms in total. The van der Waals surface area contributed by atoms with Gasteiger partial charge in [-0.15, -0.1) is 0 Å². The van der Waals surface area contributed by atoms with Crippen molar-refractivity contribution in [2.45, 2.75) is 32.6 Å². The molecule has 1 aliphatic heterocycles. The van der Waals surface area contributed by atoms with Crippen LogP contribution in [0.2, 0.25) is 0 Å². The second-order valence-corrected chi connectivity index (χ2v) is 6.65. The number of nitrogens with one attached hydrogen (secondary N) is 1. The van der Waals surface area contributed by atoms with Crippen molar-refractivity contribution < 1.29 is 9.53 Å². The van der Waals surface area contributed by atoms with Crippen molar-refractivity contribution in [1.29, 1.82) is 0 Å². The number of ether oxygens (including phenoxy) is 1. The third-order valence-electron chi connectivity index (χ3n) is 4.99. The number of aromatic nitrogens is 3. The minimum Gasteiger partial charge on any atom is -0.465 e. The molecule has 0 radical (unpaired) electrons. The van der Waals surface area contributed by atoms with E-state index in [1.54, 1.807) is 12.4 Å². The molecule has 2 atom stereocenters. The number of nitrogens with zero attached hydrogens (tertiary/aromatic N) is 3. The van der Waals surface area contributed by atoms with Gasteiger partial charge >= 0.3 is 5.97 Å². The summed E-state index contributed by atoms with van der Waals surface area (Å²) < 4.78 is 5.45. The van der Waals surface area contributed by atoms with Crippen molar-refractivity contribution in [3.8, 4) is 0 Å². The lowest BCUT2D eigenvalue weighted by Gasteiger charge is -2.30. The number of aliphatic imine (C=N–C) groups is 1. The number of esters is 1. The van der Waals surface area contributed by atoms with Gasteiger partial charge in [0.1, 0.15) is 5.92 Å². The molecule has 27 heavy (non-hydrogen) atoms. The Morgan fingerprint density at radius 2 is 2.04 bits per heavy atom. The van der Waals surface area contributed by atoms with Gasteiger partial charge in [0.05, 0.1) is 18.3 Å². The molecular formula is C21H22N4O2. The van der Waals surface area contributed by atoms with Crippen LogP contribution in [0.1, 0.15) is 43.7 Å². The molecule has 138 valence electrons. The summed E-state index contributed by atoms with van der Waals surface area (Å²) in [6.07, 6.45) is 5.21. The van der Waals surface area contributed by atoms with Crippen LogP contribution in [0.4, 0.5) is 5.82 Å². The van der Waals surface area contributed by atoms with Gasteiger partial charge in [0.15, 0.2) is 5.82 Å². The van der Waals surface area contributed by atoms with E-state index in [9.17, 15) is 4.79 Å². The largest absolute Gasteiger partial charge is 0.465 e. The first-order valence-electron chi connectivity index (χ1n) is 9.35. The topological polar surface area (TPSA) is 80.2 Å². The molecule has 0 spiro atoms. The second-order valence-electron chi connectivity index (χ2n) is 6.65. The Kier molecular flexibility index (Phi) is 4.71. The van der Waals surface area contributed by atoms with Crippen LogP contribution in [0.15, 0.2) is 47.7 Å². The molecule has 0 aliphatic carbocycles. The number of H-pyrrole nitrogens is 1. The van der Waals surface area contributed by atoms with Crippen molar-refractivity contribution in [3.63, 3.8) is 0 Å². The van der Waals surface area contributed by atoms with E-state index in [0.717, 1.165) is 46.4 Å². The van der Waals surface area contributed by atoms with Gasteiger partial charge in [-0.1, -0.05) is 31.5 Å². The zero-order valence-electron chi connectivity index (χ0n) is 15.5. The molecule has 3 heterocycles. The van der Waals surface area contributed by atoms with Gasteiger partial charge in [-0.25, -0.2) is 4.99 Å². The predicted molar refractivity (Wildman–Crippen MR) is 104 cm³/mol. The van der Waals surface area contributed by atoms with Crippen LogP contribution in [0.25, 0.3) is 10.9 Å². The monoisotopic (exact) mass is 362 g/mol. The Morgan fingerprint density at radius 1 is 1.19 bits per heavy atom. The summed E-state index contributed by atoms with van der Waals surface area (Å²) >= 11 is 0. The molecule has 4 rings (SSSR count). The summed E-state index contributed by atoms with van der Waals surface area (Å²) in [6.45, 7) is 4.26. The van der Waals surface area contributed by atoms with Crippen LogP contribution in [-0.2, 0) is 9.53 Å². The maximum Gasteiger partial charge on any atom is 0.315 e. The Morgan fingerprint density at radius 3 is 2.85 bits per heavy atom. The number of carbonyl (C=O) groups is 1. The highest BCUT2D eigenvalue weighted by Crippen LogP contribution is 2.44. The van der Waals surface area contributed by atoms with Gasteiger partial charge < -0.3 is 4.74 Å². The molecule has 0 fully saturated rings. The van der Waals surface area contributed by atoms with E-state index in [4.69, 9.17) is 9.73 Å². The molecule has 0 amide bonds. The molecule has 3 aromatic rings. The van der Waals surface area contributed by atoms with Crippen LogP contribution < -0.4 is 0 Å². The molecule has 6 heteroatoms. The molecule has 0 bridgehead atoms. The average molecular weight is 362 g/mol.